The van der Waals surface area contributed by atoms with Gasteiger partial charge in [0.2, 0.25) is 11.8 Å². The average Bonchev–Trinajstić information content (AvgIpc) is 2.24. The van der Waals surface area contributed by atoms with E-state index < -0.39 is 5.25 Å². The first-order chi connectivity index (χ1) is 9.22. The Labute approximate surface area is 125 Å². The molecule has 2 N–H and O–H groups in total. The van der Waals surface area contributed by atoms with Crippen LogP contribution < -0.4 is 10.6 Å². The number of carbonyl (C=O) groups is 3. The van der Waals surface area contributed by atoms with E-state index in [2.05, 4.69) is 10.6 Å². The molecule has 0 aliphatic rings. The molecule has 0 heterocycles. The first-order valence-corrected chi connectivity index (χ1v) is 7.98. The van der Waals surface area contributed by atoms with Crippen molar-refractivity contribution in [3.8, 4) is 0 Å². The summed E-state index contributed by atoms with van der Waals surface area (Å²) in [5.74, 6) is 0.361. The highest BCUT2D eigenvalue weighted by atomic mass is 32.2. The molecule has 0 aromatic heterocycles. The van der Waals surface area contributed by atoms with Gasteiger partial charge in [-0.3, -0.25) is 14.4 Å². The van der Waals surface area contributed by atoms with Crippen molar-refractivity contribution in [3.63, 3.8) is 0 Å². The normalized spacial score (nSPS) is 12.3. The summed E-state index contributed by atoms with van der Waals surface area (Å²) in [6.07, 6.45) is 0.557. The minimum absolute atomic E-state index is 0.0339. The van der Waals surface area contributed by atoms with Crippen LogP contribution in [0.3, 0.4) is 0 Å². The SMILES string of the molecule is CC(=O)CCSC(CC(=O)NC(C)C)C(=O)NC(C)C. The van der Waals surface area contributed by atoms with E-state index in [1.165, 1.54) is 18.7 Å². The Morgan fingerprint density at radius 3 is 2.00 bits per heavy atom. The van der Waals surface area contributed by atoms with Crippen molar-refractivity contribution in [1.29, 1.82) is 0 Å². The largest absolute Gasteiger partial charge is 0.354 e. The lowest BCUT2D eigenvalue weighted by molar-refractivity contribution is -0.126. The number of thioether (sulfide) groups is 1. The van der Waals surface area contributed by atoms with Gasteiger partial charge in [-0.05, 0) is 34.6 Å². The molecule has 5 nitrogen and oxygen atoms in total. The van der Waals surface area contributed by atoms with E-state index in [1.54, 1.807) is 0 Å². The van der Waals surface area contributed by atoms with Gasteiger partial charge in [0.15, 0.2) is 0 Å². The molecule has 0 aliphatic heterocycles. The topological polar surface area (TPSA) is 75.3 Å². The number of hydrogen-bond acceptors (Lipinski definition) is 4. The van der Waals surface area contributed by atoms with Gasteiger partial charge in [0.25, 0.3) is 0 Å². The van der Waals surface area contributed by atoms with E-state index >= 15 is 0 Å². The Morgan fingerprint density at radius 2 is 1.55 bits per heavy atom. The molecule has 0 saturated carbocycles. The van der Waals surface area contributed by atoms with Crippen LogP contribution in [0.15, 0.2) is 0 Å². The number of ketones is 1. The molecule has 0 aromatic carbocycles. The number of rotatable bonds is 9. The fourth-order valence-electron chi connectivity index (χ4n) is 1.50. The highest BCUT2D eigenvalue weighted by Crippen LogP contribution is 2.17. The van der Waals surface area contributed by atoms with Gasteiger partial charge in [-0.2, -0.15) is 0 Å². The molecule has 0 spiro atoms. The summed E-state index contributed by atoms with van der Waals surface area (Å²) in [4.78, 5) is 34.8. The molecule has 6 heteroatoms. The van der Waals surface area contributed by atoms with Gasteiger partial charge in [0, 0.05) is 30.7 Å². The van der Waals surface area contributed by atoms with Gasteiger partial charge >= 0.3 is 0 Å². The maximum atomic E-state index is 12.1. The van der Waals surface area contributed by atoms with Crippen molar-refractivity contribution >= 4 is 29.4 Å². The minimum Gasteiger partial charge on any atom is -0.354 e. The zero-order valence-corrected chi connectivity index (χ0v) is 13.8. The van der Waals surface area contributed by atoms with Crippen molar-refractivity contribution in [3.05, 3.63) is 0 Å². The summed E-state index contributed by atoms with van der Waals surface area (Å²) in [5.41, 5.74) is 0. The highest BCUT2D eigenvalue weighted by molar-refractivity contribution is 8.00. The number of Topliss-reactive ketones (excluding diaryl/α,β-unsaturated/α-hetero) is 1. The number of hydrogen-bond donors (Lipinski definition) is 2. The molecule has 116 valence electrons. The van der Waals surface area contributed by atoms with E-state index in [1.807, 2.05) is 27.7 Å². The molecule has 1 atom stereocenters. The molecule has 0 aliphatic carbocycles. The predicted octanol–water partition coefficient (Wildman–Crippen LogP) is 1.51. The second-order valence-corrected chi connectivity index (χ2v) is 6.71. The maximum absolute atomic E-state index is 12.1. The number of amides is 2. The highest BCUT2D eigenvalue weighted by Gasteiger charge is 2.23. The van der Waals surface area contributed by atoms with Crippen LogP contribution in [-0.4, -0.2) is 40.7 Å². The fourth-order valence-corrected chi connectivity index (χ4v) is 2.68. The summed E-state index contributed by atoms with van der Waals surface area (Å²) < 4.78 is 0. The van der Waals surface area contributed by atoms with Crippen molar-refractivity contribution in [2.75, 3.05) is 5.75 Å². The third-order valence-corrected chi connectivity index (χ3v) is 3.54. The van der Waals surface area contributed by atoms with E-state index in [9.17, 15) is 14.4 Å². The molecule has 0 bridgehead atoms. The standard InChI is InChI=1S/C14H26N2O3S/c1-9(2)15-13(18)8-12(14(19)16-10(3)4)20-7-6-11(5)17/h9-10,12H,6-8H2,1-5H3,(H,15,18)(H,16,19). The van der Waals surface area contributed by atoms with Crippen LogP contribution in [0.5, 0.6) is 0 Å². The molecule has 0 saturated heterocycles. The van der Waals surface area contributed by atoms with Crippen LogP contribution >= 0.6 is 11.8 Å². The summed E-state index contributed by atoms with van der Waals surface area (Å²) in [6, 6.07) is 0.0881. The third-order valence-electron chi connectivity index (χ3n) is 2.32. The molecule has 0 radical (unpaired) electrons. The van der Waals surface area contributed by atoms with Gasteiger partial charge in [-0.25, -0.2) is 0 Å². The van der Waals surface area contributed by atoms with Crippen LogP contribution in [0.2, 0.25) is 0 Å². The molecular weight excluding hydrogens is 276 g/mol. The van der Waals surface area contributed by atoms with Gasteiger partial charge in [0.05, 0.1) is 5.25 Å². The maximum Gasteiger partial charge on any atom is 0.233 e. The van der Waals surface area contributed by atoms with Crippen molar-refractivity contribution in [1.82, 2.24) is 10.6 Å². The summed E-state index contributed by atoms with van der Waals surface area (Å²) >= 11 is 1.36. The second kappa shape index (κ2) is 9.80. The number of nitrogens with one attached hydrogen (secondary N) is 2. The van der Waals surface area contributed by atoms with Crippen LogP contribution in [0.25, 0.3) is 0 Å². The summed E-state index contributed by atoms with van der Waals surface area (Å²) in [5, 5.41) is 5.15. The lowest BCUT2D eigenvalue weighted by Crippen LogP contribution is -2.41. The molecule has 0 fully saturated rings. The third kappa shape index (κ3) is 9.83. The Hall–Kier alpha value is -1.04. The quantitative estimate of drug-likeness (QED) is 0.677. The monoisotopic (exact) mass is 302 g/mol. The van der Waals surface area contributed by atoms with Gasteiger partial charge in [-0.1, -0.05) is 0 Å². The Kier molecular flexibility index (Phi) is 9.29. The van der Waals surface area contributed by atoms with Gasteiger partial charge < -0.3 is 10.6 Å². The fraction of sp³-hybridized carbons (Fsp3) is 0.786. The molecule has 20 heavy (non-hydrogen) atoms. The first kappa shape index (κ1) is 19.0. The summed E-state index contributed by atoms with van der Waals surface area (Å²) in [6.45, 7) is 9.04. The summed E-state index contributed by atoms with van der Waals surface area (Å²) in [7, 11) is 0. The van der Waals surface area contributed by atoms with Crippen molar-refractivity contribution < 1.29 is 14.4 Å². The predicted molar refractivity (Wildman–Crippen MR) is 82.7 cm³/mol. The smallest absolute Gasteiger partial charge is 0.233 e. The molecule has 0 aromatic rings. The lowest BCUT2D eigenvalue weighted by Gasteiger charge is -2.18. The first-order valence-electron chi connectivity index (χ1n) is 6.93. The van der Waals surface area contributed by atoms with E-state index in [-0.39, 0.29) is 36.1 Å². The average molecular weight is 302 g/mol. The van der Waals surface area contributed by atoms with Crippen LogP contribution in [0, 0.1) is 0 Å². The van der Waals surface area contributed by atoms with Crippen molar-refractivity contribution in [2.45, 2.75) is 64.8 Å². The second-order valence-electron chi connectivity index (χ2n) is 5.40. The lowest BCUT2D eigenvalue weighted by atomic mass is 10.2. The Bertz CT molecular complexity index is 343. The number of carbonyl (C=O) groups excluding carboxylic acids is 3. The van der Waals surface area contributed by atoms with Crippen LogP contribution in [-0.2, 0) is 14.4 Å². The van der Waals surface area contributed by atoms with E-state index in [0.29, 0.717) is 12.2 Å². The molecule has 0 rings (SSSR count). The van der Waals surface area contributed by atoms with E-state index in [0.717, 1.165) is 0 Å². The Morgan fingerprint density at radius 1 is 1.00 bits per heavy atom. The zero-order valence-electron chi connectivity index (χ0n) is 13.0. The van der Waals surface area contributed by atoms with E-state index in [4.69, 9.17) is 0 Å². The van der Waals surface area contributed by atoms with Gasteiger partial charge in [-0.15, -0.1) is 11.8 Å². The van der Waals surface area contributed by atoms with Crippen LogP contribution in [0.1, 0.15) is 47.5 Å². The zero-order chi connectivity index (χ0) is 15.7. The van der Waals surface area contributed by atoms with Crippen molar-refractivity contribution in [2.24, 2.45) is 0 Å². The Balaban J connectivity index is 4.48. The van der Waals surface area contributed by atoms with Gasteiger partial charge in [0.1, 0.15) is 5.78 Å². The van der Waals surface area contributed by atoms with Crippen LogP contribution in [0.4, 0.5) is 0 Å². The molecule has 1 unspecified atom stereocenters. The molecular formula is C14H26N2O3S. The molecule has 2 amide bonds. The minimum atomic E-state index is -0.449.